The van der Waals surface area contributed by atoms with Gasteiger partial charge in [-0.15, -0.1) is 11.3 Å². The zero-order chi connectivity index (χ0) is 16.3. The van der Waals surface area contributed by atoms with E-state index in [1.165, 1.54) is 4.88 Å². The molecule has 0 aliphatic rings. The number of H-pyrrole nitrogens is 1. The van der Waals surface area contributed by atoms with Gasteiger partial charge in [0.05, 0.1) is 10.7 Å². The SMILES string of the molecule is Cc1cc(C(=O)NCCCc2nc(C)c(C)s2)c(=O)[nH]c1C. The number of hydrogen-bond donors (Lipinski definition) is 2. The molecule has 2 N–H and O–H groups in total. The summed E-state index contributed by atoms with van der Waals surface area (Å²) in [6, 6.07) is 1.64. The van der Waals surface area contributed by atoms with Crippen LogP contribution in [-0.4, -0.2) is 22.4 Å². The van der Waals surface area contributed by atoms with Crippen molar-refractivity contribution >= 4 is 17.2 Å². The van der Waals surface area contributed by atoms with Crippen LogP contribution in [0.3, 0.4) is 0 Å². The van der Waals surface area contributed by atoms with E-state index in [4.69, 9.17) is 0 Å². The van der Waals surface area contributed by atoms with E-state index in [0.717, 1.165) is 34.8 Å². The molecule has 0 saturated carbocycles. The summed E-state index contributed by atoms with van der Waals surface area (Å²) in [6.07, 6.45) is 1.64. The summed E-state index contributed by atoms with van der Waals surface area (Å²) >= 11 is 1.70. The van der Waals surface area contributed by atoms with Gasteiger partial charge >= 0.3 is 0 Å². The molecule has 2 aromatic rings. The zero-order valence-electron chi connectivity index (χ0n) is 13.4. The Labute approximate surface area is 133 Å². The summed E-state index contributed by atoms with van der Waals surface area (Å²) in [5.74, 6) is -0.323. The van der Waals surface area contributed by atoms with E-state index in [-0.39, 0.29) is 17.0 Å². The number of aromatic amines is 1. The number of aryl methyl sites for hydroxylation is 5. The first-order chi connectivity index (χ1) is 10.4. The van der Waals surface area contributed by atoms with Crippen molar-refractivity contribution in [3.8, 4) is 0 Å². The molecule has 1 amide bonds. The maximum Gasteiger partial charge on any atom is 0.261 e. The molecule has 0 aliphatic heterocycles. The van der Waals surface area contributed by atoms with Gasteiger partial charge in [-0.3, -0.25) is 9.59 Å². The minimum atomic E-state index is -0.341. The number of carbonyl (C=O) groups excluding carboxylic acids is 1. The Bertz CT molecular complexity index is 727. The van der Waals surface area contributed by atoms with E-state index in [0.29, 0.717) is 6.54 Å². The van der Waals surface area contributed by atoms with E-state index in [9.17, 15) is 9.59 Å². The highest BCUT2D eigenvalue weighted by Crippen LogP contribution is 2.17. The number of amides is 1. The van der Waals surface area contributed by atoms with Crippen LogP contribution in [0.2, 0.25) is 0 Å². The number of rotatable bonds is 5. The van der Waals surface area contributed by atoms with Crippen LogP contribution in [0.5, 0.6) is 0 Å². The van der Waals surface area contributed by atoms with E-state index in [1.807, 2.05) is 20.8 Å². The molecule has 0 bridgehead atoms. The van der Waals surface area contributed by atoms with Crippen LogP contribution in [0.1, 0.15) is 43.6 Å². The van der Waals surface area contributed by atoms with Crippen molar-refractivity contribution in [3.63, 3.8) is 0 Å². The molecule has 22 heavy (non-hydrogen) atoms. The monoisotopic (exact) mass is 319 g/mol. The molecule has 0 aliphatic carbocycles. The Hall–Kier alpha value is -1.95. The second-order valence-electron chi connectivity index (χ2n) is 5.43. The number of carbonyl (C=O) groups is 1. The molecule has 2 heterocycles. The van der Waals surface area contributed by atoms with Crippen LogP contribution in [0.4, 0.5) is 0 Å². The first-order valence-electron chi connectivity index (χ1n) is 7.30. The third-order valence-electron chi connectivity index (χ3n) is 3.67. The standard InChI is InChI=1S/C16H21N3O2S/c1-9-8-13(16(21)19-10(9)2)15(20)17-7-5-6-14-18-11(3)12(4)22-14/h8H,5-7H2,1-4H3,(H,17,20)(H,19,21). The van der Waals surface area contributed by atoms with Crippen molar-refractivity contribution in [1.82, 2.24) is 15.3 Å². The van der Waals surface area contributed by atoms with Crippen LogP contribution in [0.25, 0.3) is 0 Å². The molecule has 0 radical (unpaired) electrons. The van der Waals surface area contributed by atoms with Crippen molar-refractivity contribution < 1.29 is 4.79 Å². The molecule has 2 rings (SSSR count). The first-order valence-corrected chi connectivity index (χ1v) is 8.11. The van der Waals surface area contributed by atoms with Gasteiger partial charge in [-0.1, -0.05) is 0 Å². The van der Waals surface area contributed by atoms with E-state index in [1.54, 1.807) is 17.4 Å². The van der Waals surface area contributed by atoms with Crippen LogP contribution in [0.15, 0.2) is 10.9 Å². The predicted octanol–water partition coefficient (Wildman–Crippen LogP) is 2.43. The number of nitrogens with one attached hydrogen (secondary N) is 2. The Morgan fingerprint density at radius 1 is 1.32 bits per heavy atom. The van der Waals surface area contributed by atoms with Gasteiger partial charge < -0.3 is 10.3 Å². The highest BCUT2D eigenvalue weighted by Gasteiger charge is 2.11. The van der Waals surface area contributed by atoms with Crippen molar-refractivity contribution in [2.75, 3.05) is 6.54 Å². The molecule has 0 fully saturated rings. The lowest BCUT2D eigenvalue weighted by atomic mass is 10.1. The van der Waals surface area contributed by atoms with E-state index in [2.05, 4.69) is 22.2 Å². The second kappa shape index (κ2) is 6.87. The third-order valence-corrected chi connectivity index (χ3v) is 4.80. The summed E-state index contributed by atoms with van der Waals surface area (Å²) < 4.78 is 0. The maximum absolute atomic E-state index is 12.1. The van der Waals surface area contributed by atoms with Crippen LogP contribution < -0.4 is 10.9 Å². The van der Waals surface area contributed by atoms with Crippen LogP contribution in [0, 0.1) is 27.7 Å². The molecule has 0 unspecified atom stereocenters. The van der Waals surface area contributed by atoms with Gasteiger partial charge in [0.1, 0.15) is 5.56 Å². The van der Waals surface area contributed by atoms with E-state index < -0.39 is 0 Å². The summed E-state index contributed by atoms with van der Waals surface area (Å²) in [7, 11) is 0. The predicted molar refractivity (Wildman–Crippen MR) is 88.8 cm³/mol. The molecular weight excluding hydrogens is 298 g/mol. The van der Waals surface area contributed by atoms with Crippen LogP contribution >= 0.6 is 11.3 Å². The Morgan fingerprint density at radius 3 is 2.68 bits per heavy atom. The van der Waals surface area contributed by atoms with Gasteiger partial charge in [0.15, 0.2) is 0 Å². The molecular formula is C16H21N3O2S. The fraction of sp³-hybridized carbons (Fsp3) is 0.438. The van der Waals surface area contributed by atoms with E-state index >= 15 is 0 Å². The van der Waals surface area contributed by atoms with Crippen molar-refractivity contribution in [2.24, 2.45) is 0 Å². The maximum atomic E-state index is 12.1. The molecule has 5 nitrogen and oxygen atoms in total. The average Bonchev–Trinajstić information content (AvgIpc) is 2.77. The normalized spacial score (nSPS) is 10.7. The number of pyridine rings is 1. The lowest BCUT2D eigenvalue weighted by Crippen LogP contribution is -2.31. The molecule has 118 valence electrons. The smallest absolute Gasteiger partial charge is 0.261 e. The fourth-order valence-corrected chi connectivity index (χ4v) is 3.05. The van der Waals surface area contributed by atoms with Gasteiger partial charge in [0.2, 0.25) is 0 Å². The third kappa shape index (κ3) is 3.82. The van der Waals surface area contributed by atoms with Gasteiger partial charge in [-0.25, -0.2) is 4.98 Å². The highest BCUT2D eigenvalue weighted by atomic mass is 32.1. The lowest BCUT2D eigenvalue weighted by Gasteiger charge is -2.06. The van der Waals surface area contributed by atoms with Gasteiger partial charge in [-0.05, 0) is 45.7 Å². The average molecular weight is 319 g/mol. The number of aromatic nitrogens is 2. The van der Waals surface area contributed by atoms with Gasteiger partial charge in [-0.2, -0.15) is 0 Å². The number of nitrogens with zero attached hydrogens (tertiary/aromatic N) is 1. The lowest BCUT2D eigenvalue weighted by molar-refractivity contribution is 0.0951. The number of thiazole rings is 1. The zero-order valence-corrected chi connectivity index (χ0v) is 14.2. The highest BCUT2D eigenvalue weighted by molar-refractivity contribution is 7.11. The second-order valence-corrected chi connectivity index (χ2v) is 6.72. The molecule has 0 aromatic carbocycles. The molecule has 6 heteroatoms. The summed E-state index contributed by atoms with van der Waals surface area (Å²) in [6.45, 7) is 8.28. The fourth-order valence-electron chi connectivity index (χ4n) is 2.08. The minimum absolute atomic E-state index is 0.170. The molecule has 2 aromatic heterocycles. The van der Waals surface area contributed by atoms with Crippen LogP contribution in [-0.2, 0) is 6.42 Å². The summed E-state index contributed by atoms with van der Waals surface area (Å²) in [5.41, 5.74) is 2.59. The number of hydrogen-bond acceptors (Lipinski definition) is 4. The minimum Gasteiger partial charge on any atom is -0.352 e. The topological polar surface area (TPSA) is 74.8 Å². The van der Waals surface area contributed by atoms with Gasteiger partial charge in [0.25, 0.3) is 11.5 Å². The largest absolute Gasteiger partial charge is 0.352 e. The van der Waals surface area contributed by atoms with Gasteiger partial charge in [0, 0.05) is 23.5 Å². The Kier molecular flexibility index (Phi) is 5.13. The Balaban J connectivity index is 1.88. The molecule has 0 spiro atoms. The van der Waals surface area contributed by atoms with Crippen molar-refractivity contribution in [3.05, 3.63) is 48.8 Å². The summed E-state index contributed by atoms with van der Waals surface area (Å²) in [4.78, 5) is 32.3. The molecule has 0 saturated heterocycles. The summed E-state index contributed by atoms with van der Waals surface area (Å²) in [5, 5.41) is 3.89. The van der Waals surface area contributed by atoms with Crippen molar-refractivity contribution in [2.45, 2.75) is 40.5 Å². The van der Waals surface area contributed by atoms with Crippen molar-refractivity contribution in [1.29, 1.82) is 0 Å². The Morgan fingerprint density at radius 2 is 2.05 bits per heavy atom. The molecule has 0 atom stereocenters. The first kappa shape index (κ1) is 16.4. The quantitative estimate of drug-likeness (QED) is 0.831.